The molecule has 0 aliphatic carbocycles. The van der Waals surface area contributed by atoms with Gasteiger partial charge in [-0.05, 0) is 49.5 Å². The second-order valence-corrected chi connectivity index (χ2v) is 9.80. The predicted molar refractivity (Wildman–Crippen MR) is 128 cm³/mol. The van der Waals surface area contributed by atoms with Crippen molar-refractivity contribution in [1.29, 1.82) is 0 Å². The van der Waals surface area contributed by atoms with Gasteiger partial charge in [-0.15, -0.1) is 0 Å². The summed E-state index contributed by atoms with van der Waals surface area (Å²) in [5.74, 6) is 1.25. The molecule has 1 unspecified atom stereocenters. The molecule has 0 heterocycles. The fraction of sp³-hybridized carbons (Fsp3) is 0.409. The Morgan fingerprint density at radius 1 is 1.03 bits per heavy atom. The van der Waals surface area contributed by atoms with E-state index in [9.17, 15) is 13.2 Å². The van der Waals surface area contributed by atoms with E-state index in [4.69, 9.17) is 14.2 Å². The molecule has 0 aromatic heterocycles. The van der Waals surface area contributed by atoms with Crippen molar-refractivity contribution < 1.29 is 27.4 Å². The number of benzene rings is 2. The smallest absolute Gasteiger partial charge is 0.242 e. The summed E-state index contributed by atoms with van der Waals surface area (Å²) in [6.45, 7) is 3.54. The first kappa shape index (κ1) is 25.8. The van der Waals surface area contributed by atoms with Crippen molar-refractivity contribution in [3.8, 4) is 17.2 Å². The summed E-state index contributed by atoms with van der Waals surface area (Å²) in [5.41, 5.74) is 1.82. The number of methoxy groups -OCH3 is 3. The number of carbonyl (C=O) groups excluding carboxylic acids is 1. The van der Waals surface area contributed by atoms with Crippen molar-refractivity contribution in [3.05, 3.63) is 41.5 Å². The van der Waals surface area contributed by atoms with E-state index in [0.29, 0.717) is 40.7 Å². The van der Waals surface area contributed by atoms with Crippen molar-refractivity contribution in [3.63, 3.8) is 0 Å². The van der Waals surface area contributed by atoms with Crippen LogP contribution in [0.5, 0.6) is 17.2 Å². The van der Waals surface area contributed by atoms with E-state index in [2.05, 4.69) is 10.0 Å². The lowest BCUT2D eigenvalue weighted by molar-refractivity contribution is -0.117. The molecule has 2 rings (SSSR count). The van der Waals surface area contributed by atoms with Crippen LogP contribution in [0.3, 0.4) is 0 Å². The Kier molecular flexibility index (Phi) is 9.23. The lowest BCUT2D eigenvalue weighted by atomic mass is 10.2. The van der Waals surface area contributed by atoms with Gasteiger partial charge in [-0.3, -0.25) is 4.79 Å². The van der Waals surface area contributed by atoms with Gasteiger partial charge in [-0.1, -0.05) is 12.1 Å². The van der Waals surface area contributed by atoms with E-state index in [1.165, 1.54) is 33.1 Å². The number of carbonyl (C=O) groups is 1. The van der Waals surface area contributed by atoms with E-state index in [-0.39, 0.29) is 4.90 Å². The number of thioether (sulfide) groups is 1. The van der Waals surface area contributed by atoms with Gasteiger partial charge in [0, 0.05) is 17.8 Å². The van der Waals surface area contributed by atoms with Crippen LogP contribution in [0.4, 0.5) is 5.69 Å². The number of amides is 1. The van der Waals surface area contributed by atoms with Gasteiger partial charge in [0.2, 0.25) is 21.7 Å². The molecular formula is C22H30N2O6S2. The molecule has 0 aliphatic rings. The maximum absolute atomic E-state index is 13.1. The van der Waals surface area contributed by atoms with Crippen molar-refractivity contribution in [2.24, 2.45) is 0 Å². The summed E-state index contributed by atoms with van der Waals surface area (Å²) in [6, 6.07) is 7.40. The van der Waals surface area contributed by atoms with E-state index in [1.54, 1.807) is 31.2 Å². The summed E-state index contributed by atoms with van der Waals surface area (Å²) >= 11 is 1.53. The Bertz CT molecular complexity index is 1030. The van der Waals surface area contributed by atoms with E-state index >= 15 is 0 Å². The molecule has 1 amide bonds. The summed E-state index contributed by atoms with van der Waals surface area (Å²) in [7, 11) is 0.528. The molecule has 0 saturated heterocycles. The van der Waals surface area contributed by atoms with Crippen LogP contribution < -0.4 is 24.2 Å². The molecule has 1 atom stereocenters. The van der Waals surface area contributed by atoms with Crippen LogP contribution in [0.2, 0.25) is 0 Å². The molecule has 2 aromatic carbocycles. The number of hydrogen-bond donors (Lipinski definition) is 2. The van der Waals surface area contributed by atoms with Crippen LogP contribution in [0.15, 0.2) is 35.2 Å². The zero-order valence-electron chi connectivity index (χ0n) is 19.1. The van der Waals surface area contributed by atoms with Gasteiger partial charge in [0.1, 0.15) is 6.04 Å². The standard InChI is InChI=1S/C22H30N2O6S2/c1-14-7-8-15(2)20(11-14)32(26,27)24-17(9-10-31-6)22(25)23-16-12-18(28-3)21(30-5)19(13-16)29-4/h7-8,11-13,17,24H,9-10H2,1-6H3,(H,23,25). The van der Waals surface area contributed by atoms with Crippen LogP contribution >= 0.6 is 11.8 Å². The van der Waals surface area contributed by atoms with Gasteiger partial charge in [-0.25, -0.2) is 8.42 Å². The average molecular weight is 483 g/mol. The average Bonchev–Trinajstić information content (AvgIpc) is 2.77. The highest BCUT2D eigenvalue weighted by Crippen LogP contribution is 2.40. The van der Waals surface area contributed by atoms with Gasteiger partial charge >= 0.3 is 0 Å². The Labute approximate surface area is 194 Å². The minimum atomic E-state index is -3.91. The van der Waals surface area contributed by atoms with Crippen molar-refractivity contribution in [1.82, 2.24) is 4.72 Å². The van der Waals surface area contributed by atoms with E-state index in [1.807, 2.05) is 19.2 Å². The normalized spacial score (nSPS) is 12.2. The Balaban J connectivity index is 2.33. The number of anilines is 1. The largest absolute Gasteiger partial charge is 0.493 e. The van der Waals surface area contributed by atoms with Crippen LogP contribution in [0, 0.1) is 13.8 Å². The molecule has 8 nitrogen and oxygen atoms in total. The highest BCUT2D eigenvalue weighted by molar-refractivity contribution is 7.98. The van der Waals surface area contributed by atoms with Crippen molar-refractivity contribution in [2.45, 2.75) is 31.2 Å². The minimum Gasteiger partial charge on any atom is -0.493 e. The van der Waals surface area contributed by atoms with E-state index < -0.39 is 22.0 Å². The quantitative estimate of drug-likeness (QED) is 0.506. The zero-order valence-corrected chi connectivity index (χ0v) is 20.8. The molecule has 2 N–H and O–H groups in total. The van der Waals surface area contributed by atoms with Crippen molar-refractivity contribution in [2.75, 3.05) is 38.7 Å². The van der Waals surface area contributed by atoms with Crippen LogP contribution in [-0.2, 0) is 14.8 Å². The second-order valence-electron chi connectivity index (χ2n) is 7.13. The minimum absolute atomic E-state index is 0.159. The third-order valence-corrected chi connectivity index (χ3v) is 7.05. The number of ether oxygens (including phenoxy) is 3. The van der Waals surface area contributed by atoms with Gasteiger partial charge in [0.15, 0.2) is 11.5 Å². The van der Waals surface area contributed by atoms with Gasteiger partial charge in [0.25, 0.3) is 0 Å². The molecule has 2 aromatic rings. The number of hydrogen-bond acceptors (Lipinski definition) is 7. The summed E-state index contributed by atoms with van der Waals surface area (Å²) in [5, 5.41) is 2.76. The van der Waals surface area contributed by atoms with Crippen LogP contribution in [0.25, 0.3) is 0 Å². The van der Waals surface area contributed by atoms with Gasteiger partial charge < -0.3 is 19.5 Å². The third-order valence-electron chi connectivity index (χ3n) is 4.79. The van der Waals surface area contributed by atoms with Crippen molar-refractivity contribution >= 4 is 33.4 Å². The summed E-state index contributed by atoms with van der Waals surface area (Å²) < 4.78 is 44.6. The van der Waals surface area contributed by atoms with Gasteiger partial charge in [0.05, 0.1) is 26.2 Å². The topological polar surface area (TPSA) is 103 Å². The first-order chi connectivity index (χ1) is 15.2. The third kappa shape index (κ3) is 6.30. The monoisotopic (exact) mass is 482 g/mol. The molecule has 32 heavy (non-hydrogen) atoms. The number of sulfonamides is 1. The first-order valence-corrected chi connectivity index (χ1v) is 12.7. The molecule has 10 heteroatoms. The molecule has 0 saturated carbocycles. The maximum atomic E-state index is 13.1. The highest BCUT2D eigenvalue weighted by atomic mass is 32.2. The Morgan fingerprint density at radius 3 is 2.19 bits per heavy atom. The highest BCUT2D eigenvalue weighted by Gasteiger charge is 2.27. The summed E-state index contributed by atoms with van der Waals surface area (Å²) in [6.07, 6.45) is 2.22. The van der Waals surface area contributed by atoms with Crippen LogP contribution in [0.1, 0.15) is 17.5 Å². The maximum Gasteiger partial charge on any atom is 0.242 e. The lowest BCUT2D eigenvalue weighted by Crippen LogP contribution is -2.44. The molecule has 0 spiro atoms. The molecule has 0 radical (unpaired) electrons. The molecule has 0 bridgehead atoms. The fourth-order valence-corrected chi connectivity index (χ4v) is 5.14. The second kappa shape index (κ2) is 11.4. The Hall–Kier alpha value is -2.43. The first-order valence-electron chi connectivity index (χ1n) is 9.86. The molecule has 0 fully saturated rings. The number of rotatable bonds is 11. The number of nitrogens with one attached hydrogen (secondary N) is 2. The van der Waals surface area contributed by atoms with Crippen LogP contribution in [-0.4, -0.2) is 53.7 Å². The van der Waals surface area contributed by atoms with E-state index in [0.717, 1.165) is 5.56 Å². The SMILES string of the molecule is COc1cc(NC(=O)C(CCSC)NS(=O)(=O)c2cc(C)ccc2C)cc(OC)c1OC. The molecular weight excluding hydrogens is 452 g/mol. The number of aryl methyl sites for hydroxylation is 2. The summed E-state index contributed by atoms with van der Waals surface area (Å²) in [4.78, 5) is 13.2. The molecule has 176 valence electrons. The Morgan fingerprint density at radius 2 is 1.66 bits per heavy atom. The molecule has 0 aliphatic heterocycles. The fourth-order valence-electron chi connectivity index (χ4n) is 3.11. The zero-order chi connectivity index (χ0) is 23.9. The lowest BCUT2D eigenvalue weighted by Gasteiger charge is -2.20. The predicted octanol–water partition coefficient (Wildman–Crippen LogP) is 3.37. The van der Waals surface area contributed by atoms with Gasteiger partial charge in [-0.2, -0.15) is 16.5 Å².